The van der Waals surface area contributed by atoms with Gasteiger partial charge in [-0.25, -0.2) is 0 Å². The number of nitrogens with zero attached hydrogens (tertiary/aromatic N) is 1. The minimum Gasteiger partial charge on any atom is -0.465 e. The molecule has 0 spiro atoms. The number of hydrogen-bond acceptors (Lipinski definition) is 4. The standard InChI is InChI=1S/C13H25NO3/c1-2-3-10-17-13(16)11-14-8-4-6-12(14)7-5-9-15/h12,15H,2-11H2,1H3. The van der Waals surface area contributed by atoms with E-state index in [2.05, 4.69) is 11.8 Å². The number of aliphatic hydroxyl groups is 1. The fraction of sp³-hybridized carbons (Fsp3) is 0.923. The van der Waals surface area contributed by atoms with Gasteiger partial charge in [-0.2, -0.15) is 0 Å². The van der Waals surface area contributed by atoms with Crippen molar-refractivity contribution < 1.29 is 14.6 Å². The molecule has 0 aromatic carbocycles. The van der Waals surface area contributed by atoms with Crippen LogP contribution in [0.4, 0.5) is 0 Å². The van der Waals surface area contributed by atoms with Crippen LogP contribution in [-0.4, -0.2) is 48.3 Å². The van der Waals surface area contributed by atoms with Crippen molar-refractivity contribution in [2.24, 2.45) is 0 Å². The zero-order valence-electron chi connectivity index (χ0n) is 10.9. The van der Waals surface area contributed by atoms with Gasteiger partial charge in [-0.05, 0) is 38.6 Å². The van der Waals surface area contributed by atoms with Gasteiger partial charge < -0.3 is 9.84 Å². The fourth-order valence-corrected chi connectivity index (χ4v) is 2.30. The molecule has 1 unspecified atom stereocenters. The zero-order chi connectivity index (χ0) is 12.5. The van der Waals surface area contributed by atoms with E-state index in [4.69, 9.17) is 9.84 Å². The fourth-order valence-electron chi connectivity index (χ4n) is 2.30. The molecular weight excluding hydrogens is 218 g/mol. The van der Waals surface area contributed by atoms with Crippen molar-refractivity contribution in [3.05, 3.63) is 0 Å². The normalized spacial score (nSPS) is 20.7. The quantitative estimate of drug-likeness (QED) is 0.519. The van der Waals surface area contributed by atoms with Crippen LogP contribution in [0.5, 0.6) is 0 Å². The maximum Gasteiger partial charge on any atom is 0.320 e. The minimum atomic E-state index is -0.102. The summed E-state index contributed by atoms with van der Waals surface area (Å²) in [6.45, 7) is 4.27. The van der Waals surface area contributed by atoms with E-state index in [9.17, 15) is 4.79 Å². The lowest BCUT2D eigenvalue weighted by Gasteiger charge is -2.23. The van der Waals surface area contributed by atoms with Crippen LogP contribution in [0.15, 0.2) is 0 Å². The lowest BCUT2D eigenvalue weighted by molar-refractivity contribution is -0.145. The Labute approximate surface area is 104 Å². The van der Waals surface area contributed by atoms with E-state index in [0.29, 0.717) is 19.2 Å². The summed E-state index contributed by atoms with van der Waals surface area (Å²) in [6, 6.07) is 0.459. The third-order valence-corrected chi connectivity index (χ3v) is 3.29. The second-order valence-corrected chi connectivity index (χ2v) is 4.71. The van der Waals surface area contributed by atoms with Crippen molar-refractivity contribution in [2.45, 2.75) is 51.5 Å². The first-order valence-electron chi connectivity index (χ1n) is 6.78. The van der Waals surface area contributed by atoms with Crippen molar-refractivity contribution in [3.8, 4) is 0 Å². The van der Waals surface area contributed by atoms with Crippen LogP contribution < -0.4 is 0 Å². The Morgan fingerprint density at radius 1 is 1.47 bits per heavy atom. The molecule has 4 heteroatoms. The van der Waals surface area contributed by atoms with Crippen molar-refractivity contribution in [3.63, 3.8) is 0 Å². The highest BCUT2D eigenvalue weighted by atomic mass is 16.5. The second kappa shape index (κ2) is 8.48. The largest absolute Gasteiger partial charge is 0.465 e. The Morgan fingerprint density at radius 3 is 3.00 bits per heavy atom. The molecule has 1 aliphatic rings. The first kappa shape index (κ1) is 14.5. The third-order valence-electron chi connectivity index (χ3n) is 3.29. The van der Waals surface area contributed by atoms with Crippen LogP contribution >= 0.6 is 0 Å². The Hall–Kier alpha value is -0.610. The Morgan fingerprint density at radius 2 is 2.29 bits per heavy atom. The van der Waals surface area contributed by atoms with Gasteiger partial charge in [0.2, 0.25) is 0 Å². The molecule has 0 aromatic heterocycles. The molecule has 1 saturated heterocycles. The number of unbranched alkanes of at least 4 members (excludes halogenated alkanes) is 1. The molecule has 0 aliphatic carbocycles. The van der Waals surface area contributed by atoms with Crippen molar-refractivity contribution >= 4 is 5.97 Å². The van der Waals surface area contributed by atoms with Crippen molar-refractivity contribution in [2.75, 3.05) is 26.3 Å². The highest BCUT2D eigenvalue weighted by molar-refractivity contribution is 5.71. The zero-order valence-corrected chi connectivity index (χ0v) is 10.9. The lowest BCUT2D eigenvalue weighted by Crippen LogP contribution is -2.35. The molecule has 1 aliphatic heterocycles. The lowest BCUT2D eigenvalue weighted by atomic mass is 10.1. The smallest absolute Gasteiger partial charge is 0.320 e. The molecule has 100 valence electrons. The number of carbonyl (C=O) groups is 1. The highest BCUT2D eigenvalue weighted by Crippen LogP contribution is 2.20. The average Bonchev–Trinajstić information content (AvgIpc) is 2.74. The molecule has 17 heavy (non-hydrogen) atoms. The molecule has 1 atom stereocenters. The summed E-state index contributed by atoms with van der Waals surface area (Å²) in [6.07, 6.45) is 6.10. The Bertz CT molecular complexity index is 221. The molecular formula is C13H25NO3. The monoisotopic (exact) mass is 243 g/mol. The van der Waals surface area contributed by atoms with Gasteiger partial charge in [0.1, 0.15) is 0 Å². The van der Waals surface area contributed by atoms with Gasteiger partial charge in [0.05, 0.1) is 13.2 Å². The van der Waals surface area contributed by atoms with E-state index in [0.717, 1.165) is 45.1 Å². The number of esters is 1. The summed E-state index contributed by atoms with van der Waals surface area (Å²) in [7, 11) is 0. The van der Waals surface area contributed by atoms with E-state index in [1.165, 1.54) is 0 Å². The van der Waals surface area contributed by atoms with Gasteiger partial charge in [0, 0.05) is 12.6 Å². The van der Waals surface area contributed by atoms with Crippen LogP contribution in [0.3, 0.4) is 0 Å². The predicted octanol–water partition coefficient (Wildman–Crippen LogP) is 1.57. The van der Waals surface area contributed by atoms with Gasteiger partial charge in [-0.3, -0.25) is 9.69 Å². The van der Waals surface area contributed by atoms with Crippen LogP contribution in [0, 0.1) is 0 Å². The summed E-state index contributed by atoms with van der Waals surface area (Å²) < 4.78 is 5.17. The van der Waals surface area contributed by atoms with Crippen LogP contribution in [0.25, 0.3) is 0 Å². The first-order valence-corrected chi connectivity index (χ1v) is 6.78. The van der Waals surface area contributed by atoms with Crippen molar-refractivity contribution in [1.82, 2.24) is 4.90 Å². The summed E-state index contributed by atoms with van der Waals surface area (Å²) in [5.74, 6) is -0.102. The first-order chi connectivity index (χ1) is 8.27. The van der Waals surface area contributed by atoms with Crippen LogP contribution in [-0.2, 0) is 9.53 Å². The minimum absolute atomic E-state index is 0.102. The van der Waals surface area contributed by atoms with E-state index < -0.39 is 0 Å². The van der Waals surface area contributed by atoms with Gasteiger partial charge in [0.15, 0.2) is 0 Å². The molecule has 4 nitrogen and oxygen atoms in total. The molecule has 0 radical (unpaired) electrons. The van der Waals surface area contributed by atoms with E-state index >= 15 is 0 Å². The van der Waals surface area contributed by atoms with Gasteiger partial charge in [0.25, 0.3) is 0 Å². The number of aliphatic hydroxyl groups excluding tert-OH is 1. The van der Waals surface area contributed by atoms with Crippen molar-refractivity contribution in [1.29, 1.82) is 0 Å². The molecule has 0 aromatic rings. The second-order valence-electron chi connectivity index (χ2n) is 4.71. The summed E-state index contributed by atoms with van der Waals surface area (Å²) in [4.78, 5) is 13.8. The Kier molecular flexibility index (Phi) is 7.21. The van der Waals surface area contributed by atoms with E-state index in [1.807, 2.05) is 0 Å². The Balaban J connectivity index is 2.21. The predicted molar refractivity (Wildman–Crippen MR) is 66.8 cm³/mol. The number of likely N-dealkylation sites (tertiary alicyclic amines) is 1. The molecule has 1 N–H and O–H groups in total. The molecule has 0 amide bonds. The molecule has 0 saturated carbocycles. The number of carbonyl (C=O) groups excluding carboxylic acids is 1. The SMILES string of the molecule is CCCCOC(=O)CN1CCCC1CCCO. The van der Waals surface area contributed by atoms with E-state index in [1.54, 1.807) is 0 Å². The third kappa shape index (κ3) is 5.50. The van der Waals surface area contributed by atoms with Gasteiger partial charge >= 0.3 is 5.97 Å². The highest BCUT2D eigenvalue weighted by Gasteiger charge is 2.25. The molecule has 1 heterocycles. The molecule has 1 rings (SSSR count). The maximum atomic E-state index is 11.6. The summed E-state index contributed by atoms with van der Waals surface area (Å²) in [5.41, 5.74) is 0. The summed E-state index contributed by atoms with van der Waals surface area (Å²) in [5, 5.41) is 8.83. The number of hydrogen-bond donors (Lipinski definition) is 1. The van der Waals surface area contributed by atoms with Crippen LogP contribution in [0.1, 0.15) is 45.4 Å². The van der Waals surface area contributed by atoms with Gasteiger partial charge in [-0.15, -0.1) is 0 Å². The van der Waals surface area contributed by atoms with Crippen LogP contribution in [0.2, 0.25) is 0 Å². The number of ether oxygens (including phenoxy) is 1. The maximum absolute atomic E-state index is 11.6. The summed E-state index contributed by atoms with van der Waals surface area (Å²) >= 11 is 0. The van der Waals surface area contributed by atoms with E-state index in [-0.39, 0.29) is 12.6 Å². The average molecular weight is 243 g/mol. The number of rotatable bonds is 8. The molecule has 1 fully saturated rings. The van der Waals surface area contributed by atoms with Gasteiger partial charge in [-0.1, -0.05) is 13.3 Å². The topological polar surface area (TPSA) is 49.8 Å². The molecule has 0 bridgehead atoms.